The quantitative estimate of drug-likeness (QED) is 0.558. The molecular weight excluding hydrogens is 280 g/mol. The number of aromatic amines is 1. The second-order valence-electron chi connectivity index (χ2n) is 4.96. The van der Waals surface area contributed by atoms with E-state index in [2.05, 4.69) is 45.8 Å². The van der Waals surface area contributed by atoms with Crippen LogP contribution in [0.1, 0.15) is 13.8 Å². The lowest BCUT2D eigenvalue weighted by atomic mass is 10.2. The summed E-state index contributed by atoms with van der Waals surface area (Å²) in [6, 6.07) is 8.25. The number of para-hydroxylation sites is 1. The zero-order chi connectivity index (χ0) is 14.7. The van der Waals surface area contributed by atoms with Crippen LogP contribution in [0.4, 0.5) is 0 Å². The zero-order valence-electron chi connectivity index (χ0n) is 12.5. The molecule has 0 saturated carbocycles. The lowest BCUT2D eigenvalue weighted by Crippen LogP contribution is -2.25. The van der Waals surface area contributed by atoms with Gasteiger partial charge in [0, 0.05) is 34.8 Å². The first-order valence-corrected chi connectivity index (χ1v) is 8.39. The van der Waals surface area contributed by atoms with Crippen LogP contribution in [0.15, 0.2) is 35.6 Å². The van der Waals surface area contributed by atoms with Gasteiger partial charge in [0.2, 0.25) is 0 Å². The number of rotatable bonds is 6. The van der Waals surface area contributed by atoms with E-state index in [1.807, 2.05) is 18.3 Å². The summed E-state index contributed by atoms with van der Waals surface area (Å²) in [5.41, 5.74) is 2.05. The Bertz CT molecular complexity index is 733. The minimum Gasteiger partial charge on any atom is -0.339 e. The predicted molar refractivity (Wildman–Crippen MR) is 89.9 cm³/mol. The van der Waals surface area contributed by atoms with E-state index in [4.69, 9.17) is 0 Å². The Labute approximate surface area is 129 Å². The van der Waals surface area contributed by atoms with Gasteiger partial charge in [-0.15, -0.1) is 0 Å². The van der Waals surface area contributed by atoms with E-state index in [1.165, 1.54) is 5.39 Å². The van der Waals surface area contributed by atoms with Gasteiger partial charge in [0.15, 0.2) is 5.16 Å². The van der Waals surface area contributed by atoms with E-state index < -0.39 is 0 Å². The highest BCUT2D eigenvalue weighted by Gasteiger charge is 2.07. The Morgan fingerprint density at radius 3 is 2.76 bits per heavy atom. The fourth-order valence-electron chi connectivity index (χ4n) is 2.49. The molecule has 0 saturated heterocycles. The molecule has 2 aromatic heterocycles. The molecule has 3 aromatic rings. The number of fused-ring (bicyclic) bond motifs is 3. The van der Waals surface area contributed by atoms with Gasteiger partial charge in [0.05, 0.1) is 0 Å². The largest absolute Gasteiger partial charge is 0.339 e. The summed E-state index contributed by atoms with van der Waals surface area (Å²) in [4.78, 5) is 14.9. The normalized spacial score (nSPS) is 11.8. The fraction of sp³-hybridized carbons (Fsp3) is 0.375. The molecule has 2 heterocycles. The molecule has 0 spiro atoms. The number of hydrogen-bond donors (Lipinski definition) is 1. The summed E-state index contributed by atoms with van der Waals surface area (Å²) in [5.74, 6) is 1.02. The molecule has 0 aliphatic rings. The zero-order valence-corrected chi connectivity index (χ0v) is 13.3. The summed E-state index contributed by atoms with van der Waals surface area (Å²) in [6.45, 7) is 7.66. The van der Waals surface area contributed by atoms with Crippen LogP contribution < -0.4 is 0 Å². The van der Waals surface area contributed by atoms with Crippen molar-refractivity contribution in [2.45, 2.75) is 19.0 Å². The van der Waals surface area contributed by atoms with E-state index >= 15 is 0 Å². The molecule has 5 heteroatoms. The van der Waals surface area contributed by atoms with Gasteiger partial charge in [-0.3, -0.25) is 0 Å². The van der Waals surface area contributed by atoms with Crippen molar-refractivity contribution in [2.75, 3.05) is 25.4 Å². The predicted octanol–water partition coefficient (Wildman–Crippen LogP) is 3.55. The molecule has 0 aliphatic carbocycles. The van der Waals surface area contributed by atoms with Crippen molar-refractivity contribution < 1.29 is 0 Å². The number of H-pyrrole nitrogens is 1. The average Bonchev–Trinajstić information content (AvgIpc) is 2.89. The number of nitrogens with zero attached hydrogens (tertiary/aromatic N) is 3. The van der Waals surface area contributed by atoms with Crippen LogP contribution in [-0.2, 0) is 0 Å². The van der Waals surface area contributed by atoms with Gasteiger partial charge < -0.3 is 9.88 Å². The second kappa shape index (κ2) is 6.45. The first-order chi connectivity index (χ1) is 10.3. The summed E-state index contributed by atoms with van der Waals surface area (Å²) in [7, 11) is 0. The average molecular weight is 300 g/mol. The minimum absolute atomic E-state index is 0.848. The van der Waals surface area contributed by atoms with Crippen LogP contribution in [-0.4, -0.2) is 45.2 Å². The van der Waals surface area contributed by atoms with E-state index in [1.54, 1.807) is 11.8 Å². The molecule has 0 atom stereocenters. The Balaban J connectivity index is 1.77. The van der Waals surface area contributed by atoms with E-state index in [-0.39, 0.29) is 0 Å². The van der Waals surface area contributed by atoms with Crippen LogP contribution in [0.25, 0.3) is 21.9 Å². The van der Waals surface area contributed by atoms with Crippen LogP contribution in [0.3, 0.4) is 0 Å². The van der Waals surface area contributed by atoms with Crippen molar-refractivity contribution >= 4 is 33.7 Å². The number of hydrogen-bond acceptors (Lipinski definition) is 4. The summed E-state index contributed by atoms with van der Waals surface area (Å²) < 4.78 is 0. The molecule has 4 nitrogen and oxygen atoms in total. The molecule has 110 valence electrons. The van der Waals surface area contributed by atoms with Gasteiger partial charge in [-0.1, -0.05) is 43.8 Å². The van der Waals surface area contributed by atoms with Gasteiger partial charge in [0.25, 0.3) is 0 Å². The second-order valence-corrected chi connectivity index (χ2v) is 6.02. The minimum atomic E-state index is 0.848. The van der Waals surface area contributed by atoms with Crippen molar-refractivity contribution in [3.8, 4) is 0 Å². The fourth-order valence-corrected chi connectivity index (χ4v) is 3.30. The maximum absolute atomic E-state index is 4.64. The van der Waals surface area contributed by atoms with E-state index in [0.717, 1.165) is 47.1 Å². The van der Waals surface area contributed by atoms with Gasteiger partial charge >= 0.3 is 0 Å². The topological polar surface area (TPSA) is 44.8 Å². The standard InChI is InChI=1S/C16H20N4S/c1-3-20(4-2)9-10-21-16-17-11-13-12-7-5-6-8-14(12)18-15(13)19-16/h5-8,11H,3-4,9-10H2,1-2H3,(H,17,18,19). The molecule has 0 fully saturated rings. The summed E-state index contributed by atoms with van der Waals surface area (Å²) in [5, 5.41) is 3.13. The Kier molecular flexibility index (Phi) is 4.41. The van der Waals surface area contributed by atoms with E-state index in [0.29, 0.717) is 0 Å². The van der Waals surface area contributed by atoms with Crippen molar-refractivity contribution in [1.29, 1.82) is 0 Å². The first-order valence-electron chi connectivity index (χ1n) is 7.40. The Morgan fingerprint density at radius 1 is 1.14 bits per heavy atom. The molecule has 0 bridgehead atoms. The Morgan fingerprint density at radius 2 is 1.95 bits per heavy atom. The third kappa shape index (κ3) is 3.04. The maximum atomic E-state index is 4.64. The van der Waals surface area contributed by atoms with Crippen molar-refractivity contribution in [2.24, 2.45) is 0 Å². The van der Waals surface area contributed by atoms with Crippen LogP contribution in [0.2, 0.25) is 0 Å². The third-order valence-electron chi connectivity index (χ3n) is 3.77. The molecule has 0 radical (unpaired) electrons. The number of benzene rings is 1. The van der Waals surface area contributed by atoms with Crippen LogP contribution in [0.5, 0.6) is 0 Å². The lowest BCUT2D eigenvalue weighted by Gasteiger charge is -2.16. The monoisotopic (exact) mass is 300 g/mol. The van der Waals surface area contributed by atoms with E-state index in [9.17, 15) is 0 Å². The highest BCUT2D eigenvalue weighted by molar-refractivity contribution is 7.99. The number of thioether (sulfide) groups is 1. The van der Waals surface area contributed by atoms with Gasteiger partial charge in [-0.05, 0) is 19.2 Å². The number of nitrogens with one attached hydrogen (secondary N) is 1. The SMILES string of the molecule is CCN(CC)CCSc1ncc2c(n1)[nH]c1ccccc12. The number of aromatic nitrogens is 3. The maximum Gasteiger partial charge on any atom is 0.189 e. The summed E-state index contributed by atoms with van der Waals surface area (Å²) in [6.07, 6.45) is 1.93. The van der Waals surface area contributed by atoms with Crippen molar-refractivity contribution in [1.82, 2.24) is 19.9 Å². The smallest absolute Gasteiger partial charge is 0.189 e. The third-order valence-corrected chi connectivity index (χ3v) is 4.61. The molecular formula is C16H20N4S. The lowest BCUT2D eigenvalue weighted by molar-refractivity contribution is 0.324. The first kappa shape index (κ1) is 14.4. The Hall–Kier alpha value is -1.59. The highest BCUT2D eigenvalue weighted by Crippen LogP contribution is 2.24. The van der Waals surface area contributed by atoms with Crippen molar-refractivity contribution in [3.05, 3.63) is 30.5 Å². The van der Waals surface area contributed by atoms with Gasteiger partial charge in [0.1, 0.15) is 5.65 Å². The molecule has 1 aromatic carbocycles. The van der Waals surface area contributed by atoms with Gasteiger partial charge in [-0.25, -0.2) is 9.97 Å². The molecule has 3 rings (SSSR count). The van der Waals surface area contributed by atoms with Crippen LogP contribution in [0, 0.1) is 0 Å². The molecule has 0 aliphatic heterocycles. The molecule has 0 amide bonds. The van der Waals surface area contributed by atoms with Gasteiger partial charge in [-0.2, -0.15) is 0 Å². The molecule has 21 heavy (non-hydrogen) atoms. The molecule has 1 N–H and O–H groups in total. The molecule has 0 unspecified atom stereocenters. The van der Waals surface area contributed by atoms with Crippen LogP contribution >= 0.6 is 11.8 Å². The summed E-state index contributed by atoms with van der Waals surface area (Å²) >= 11 is 1.72. The van der Waals surface area contributed by atoms with Crippen molar-refractivity contribution in [3.63, 3.8) is 0 Å². The highest BCUT2D eigenvalue weighted by atomic mass is 32.2.